The van der Waals surface area contributed by atoms with Crippen molar-refractivity contribution in [2.45, 2.75) is 25.3 Å². The van der Waals surface area contributed by atoms with Crippen LogP contribution >= 0.6 is 0 Å². The Bertz CT molecular complexity index is 1220. The number of aromatic amines is 1. The van der Waals surface area contributed by atoms with Crippen molar-refractivity contribution in [1.29, 1.82) is 0 Å². The second kappa shape index (κ2) is 9.08. The van der Waals surface area contributed by atoms with Gasteiger partial charge in [0.2, 0.25) is 5.82 Å². The molecule has 1 aromatic carbocycles. The van der Waals surface area contributed by atoms with Gasteiger partial charge in [-0.05, 0) is 24.5 Å². The molecular weight excluding hydrogens is 441 g/mol. The van der Waals surface area contributed by atoms with Crippen LogP contribution in [0.2, 0.25) is 0 Å². The number of fused-ring (bicyclic) bond motifs is 1. The second-order valence-electron chi connectivity index (χ2n) is 8.31. The van der Waals surface area contributed by atoms with E-state index in [1.807, 2.05) is 6.07 Å². The largest absolute Gasteiger partial charge is 0.488 e. The highest BCUT2D eigenvalue weighted by Crippen LogP contribution is 2.33. The third-order valence-corrected chi connectivity index (χ3v) is 6.01. The van der Waals surface area contributed by atoms with E-state index in [-0.39, 0.29) is 30.6 Å². The number of carbonyl (C=O) groups is 2. The fourth-order valence-electron chi connectivity index (χ4n) is 4.13. The first-order valence-corrected chi connectivity index (χ1v) is 11.1. The molecule has 1 atom stereocenters. The van der Waals surface area contributed by atoms with E-state index in [0.29, 0.717) is 22.8 Å². The lowest BCUT2D eigenvalue weighted by molar-refractivity contribution is -0.120. The Hall–Kier alpha value is -4.02. The second-order valence-corrected chi connectivity index (χ2v) is 8.31. The summed E-state index contributed by atoms with van der Waals surface area (Å²) in [5, 5.41) is 9.21. The van der Waals surface area contributed by atoms with Crippen molar-refractivity contribution in [2.24, 2.45) is 0 Å². The molecule has 2 aliphatic heterocycles. The van der Waals surface area contributed by atoms with Gasteiger partial charge in [-0.1, -0.05) is 18.2 Å². The van der Waals surface area contributed by atoms with Crippen molar-refractivity contribution in [3.8, 4) is 5.75 Å². The number of carbonyl (C=O) groups excluding carboxylic acids is 2. The van der Waals surface area contributed by atoms with E-state index in [1.54, 1.807) is 31.4 Å². The molecule has 3 aromatic rings. The van der Waals surface area contributed by atoms with Crippen molar-refractivity contribution < 1.29 is 18.7 Å². The highest BCUT2D eigenvalue weighted by atomic mass is 19.1. The number of benzene rings is 1. The van der Waals surface area contributed by atoms with Crippen LogP contribution in [0.15, 0.2) is 36.5 Å². The number of nitrogens with one attached hydrogen (secondary N) is 2. The molecular formula is C23H24FN7O3. The van der Waals surface area contributed by atoms with Crippen LogP contribution < -0.4 is 19.9 Å². The SMILES string of the molecule is CN1C(=O)[C@@H](NC(=O)c2n[nH]c(Cc3ccccc3F)n2)COc2cc(N3CCCC3)ncc21. The minimum Gasteiger partial charge on any atom is -0.488 e. The monoisotopic (exact) mass is 465 g/mol. The number of H-pyrrole nitrogens is 1. The van der Waals surface area contributed by atoms with E-state index in [4.69, 9.17) is 4.74 Å². The molecule has 0 aliphatic carbocycles. The van der Waals surface area contributed by atoms with Crippen molar-refractivity contribution in [2.75, 3.05) is 36.5 Å². The molecule has 11 heteroatoms. The topological polar surface area (TPSA) is 116 Å². The van der Waals surface area contributed by atoms with Gasteiger partial charge >= 0.3 is 0 Å². The number of aromatic nitrogens is 4. The lowest BCUT2D eigenvalue weighted by atomic mass is 10.1. The molecule has 2 N–H and O–H groups in total. The van der Waals surface area contributed by atoms with Crippen LogP contribution in [0.3, 0.4) is 0 Å². The Balaban J connectivity index is 1.27. The van der Waals surface area contributed by atoms with Crippen LogP contribution in [0.5, 0.6) is 5.75 Å². The fourth-order valence-corrected chi connectivity index (χ4v) is 4.13. The van der Waals surface area contributed by atoms with E-state index in [0.717, 1.165) is 31.7 Å². The molecule has 176 valence electrons. The summed E-state index contributed by atoms with van der Waals surface area (Å²) >= 11 is 0. The summed E-state index contributed by atoms with van der Waals surface area (Å²) in [6.07, 6.45) is 4.02. The minimum atomic E-state index is -0.936. The summed E-state index contributed by atoms with van der Waals surface area (Å²) < 4.78 is 19.8. The van der Waals surface area contributed by atoms with Gasteiger partial charge in [0.1, 0.15) is 41.5 Å². The molecule has 4 heterocycles. The standard InChI is InChI=1S/C23H24FN7O3/c1-30-17-12-25-20(31-8-4-5-9-31)11-18(17)34-13-16(23(30)33)26-22(32)21-27-19(28-29-21)10-14-6-2-3-7-15(14)24/h2-3,6-7,11-12,16H,4-5,8-10,13H2,1H3,(H,26,32)(H,27,28,29)/t16-/m0/s1. The number of anilines is 2. The van der Waals surface area contributed by atoms with Crippen molar-refractivity contribution in [3.63, 3.8) is 0 Å². The lowest BCUT2D eigenvalue weighted by Gasteiger charge is -2.21. The van der Waals surface area contributed by atoms with Crippen molar-refractivity contribution >= 4 is 23.3 Å². The number of amides is 2. The Morgan fingerprint density at radius 3 is 2.88 bits per heavy atom. The molecule has 10 nitrogen and oxygen atoms in total. The molecule has 2 aliphatic rings. The summed E-state index contributed by atoms with van der Waals surface area (Å²) in [4.78, 5) is 38.0. The van der Waals surface area contributed by atoms with Gasteiger partial charge in [-0.25, -0.2) is 14.4 Å². The van der Waals surface area contributed by atoms with Gasteiger partial charge in [0.05, 0.1) is 6.20 Å². The number of rotatable bonds is 5. The van der Waals surface area contributed by atoms with Crippen LogP contribution in [-0.2, 0) is 11.2 Å². The summed E-state index contributed by atoms with van der Waals surface area (Å²) in [5.41, 5.74) is 0.967. The maximum absolute atomic E-state index is 13.9. The van der Waals surface area contributed by atoms with E-state index in [9.17, 15) is 14.0 Å². The molecule has 2 amide bonds. The number of hydrogen-bond donors (Lipinski definition) is 2. The van der Waals surface area contributed by atoms with E-state index in [1.165, 1.54) is 11.0 Å². The number of nitrogens with zero attached hydrogens (tertiary/aromatic N) is 5. The third-order valence-electron chi connectivity index (χ3n) is 6.01. The van der Waals surface area contributed by atoms with Crippen LogP contribution in [0.4, 0.5) is 15.9 Å². The molecule has 5 rings (SSSR count). The fraction of sp³-hybridized carbons (Fsp3) is 0.348. The van der Waals surface area contributed by atoms with Gasteiger partial charge in [-0.3, -0.25) is 14.7 Å². The van der Waals surface area contributed by atoms with Gasteiger partial charge in [-0.2, -0.15) is 0 Å². The average molecular weight is 465 g/mol. The zero-order valence-electron chi connectivity index (χ0n) is 18.6. The molecule has 0 unspecified atom stereocenters. The number of halogens is 1. The van der Waals surface area contributed by atoms with Crippen molar-refractivity contribution in [1.82, 2.24) is 25.5 Å². The van der Waals surface area contributed by atoms with Crippen molar-refractivity contribution in [3.05, 3.63) is 59.6 Å². The van der Waals surface area contributed by atoms with E-state index >= 15 is 0 Å². The summed E-state index contributed by atoms with van der Waals surface area (Å²) in [6.45, 7) is 1.83. The maximum Gasteiger partial charge on any atom is 0.291 e. The zero-order valence-corrected chi connectivity index (χ0v) is 18.6. The first-order chi connectivity index (χ1) is 16.5. The Morgan fingerprint density at radius 1 is 1.29 bits per heavy atom. The number of pyridine rings is 1. The minimum absolute atomic E-state index is 0.0438. The molecule has 2 aromatic heterocycles. The molecule has 34 heavy (non-hydrogen) atoms. The predicted molar refractivity (Wildman–Crippen MR) is 121 cm³/mol. The first kappa shape index (κ1) is 21.8. The Kier molecular flexibility index (Phi) is 5.83. The molecule has 0 spiro atoms. The Morgan fingerprint density at radius 2 is 2.09 bits per heavy atom. The number of likely N-dealkylation sites (N-methyl/N-ethyl adjacent to an activating group) is 1. The number of hydrogen-bond acceptors (Lipinski definition) is 7. The molecule has 0 saturated carbocycles. The van der Waals surface area contributed by atoms with Gasteiger partial charge in [0.25, 0.3) is 11.8 Å². The summed E-state index contributed by atoms with van der Waals surface area (Å²) in [6, 6.07) is 7.21. The molecule has 1 saturated heterocycles. The highest BCUT2D eigenvalue weighted by molar-refractivity contribution is 6.02. The smallest absolute Gasteiger partial charge is 0.291 e. The predicted octanol–water partition coefficient (Wildman–Crippen LogP) is 1.68. The zero-order chi connectivity index (χ0) is 23.7. The van der Waals surface area contributed by atoms with Gasteiger partial charge < -0.3 is 19.9 Å². The van der Waals surface area contributed by atoms with Crippen LogP contribution in [-0.4, -0.2) is 64.8 Å². The Labute approximate surface area is 195 Å². The molecule has 1 fully saturated rings. The molecule has 0 radical (unpaired) electrons. The van der Waals surface area contributed by atoms with Gasteiger partial charge in [0.15, 0.2) is 0 Å². The number of ether oxygens (including phenoxy) is 1. The van der Waals surface area contributed by atoms with E-state index in [2.05, 4.69) is 30.4 Å². The quantitative estimate of drug-likeness (QED) is 0.589. The summed E-state index contributed by atoms with van der Waals surface area (Å²) in [5.74, 6) is 0.205. The normalized spacial score (nSPS) is 17.8. The first-order valence-electron chi connectivity index (χ1n) is 11.1. The lowest BCUT2D eigenvalue weighted by Crippen LogP contribution is -2.49. The highest BCUT2D eigenvalue weighted by Gasteiger charge is 2.32. The molecule has 0 bridgehead atoms. The van der Waals surface area contributed by atoms with Gasteiger partial charge in [-0.15, -0.1) is 5.10 Å². The van der Waals surface area contributed by atoms with Crippen LogP contribution in [0.1, 0.15) is 34.8 Å². The third kappa shape index (κ3) is 4.28. The average Bonchev–Trinajstić information content (AvgIpc) is 3.53. The van der Waals surface area contributed by atoms with Crippen LogP contribution in [0.25, 0.3) is 0 Å². The van der Waals surface area contributed by atoms with Crippen LogP contribution in [0, 0.1) is 5.82 Å². The maximum atomic E-state index is 13.9. The van der Waals surface area contributed by atoms with Gasteiger partial charge in [0, 0.05) is 32.6 Å². The van der Waals surface area contributed by atoms with E-state index < -0.39 is 11.9 Å². The summed E-state index contributed by atoms with van der Waals surface area (Å²) in [7, 11) is 1.62.